The summed E-state index contributed by atoms with van der Waals surface area (Å²) in [6, 6.07) is 0. The van der Waals surface area contributed by atoms with Gasteiger partial charge in [0.25, 0.3) is 0 Å². The number of carbonyl (C=O) groups is 2. The molecule has 0 aromatic rings. The molecule has 1 atom stereocenters. The summed E-state index contributed by atoms with van der Waals surface area (Å²) in [7, 11) is 0. The smallest absolute Gasteiger partial charge is 0.230 e. The van der Waals surface area contributed by atoms with Gasteiger partial charge in [-0.25, -0.2) is 0 Å². The molecular weight excluding hydrogens is 194 g/mol. The predicted octanol–water partition coefficient (Wildman–Crippen LogP) is 0.729. The molecule has 1 saturated heterocycles. The summed E-state index contributed by atoms with van der Waals surface area (Å²) in [5.41, 5.74) is -0.661. The second-order valence-electron chi connectivity index (χ2n) is 4.61. The fraction of sp³-hybridized carbons (Fsp3) is 0.818. The van der Waals surface area contributed by atoms with Crippen LogP contribution < -0.4 is 0 Å². The SMILES string of the molecule is CC(=O)CC(=O)N1CCCC(C)(O)CC1. The Morgan fingerprint density at radius 2 is 2.00 bits per heavy atom. The quantitative estimate of drug-likeness (QED) is 0.688. The number of aliphatic hydroxyl groups is 1. The summed E-state index contributed by atoms with van der Waals surface area (Å²) < 4.78 is 0. The zero-order valence-corrected chi connectivity index (χ0v) is 9.45. The summed E-state index contributed by atoms with van der Waals surface area (Å²) in [6.45, 7) is 4.43. The second kappa shape index (κ2) is 4.75. The zero-order valence-electron chi connectivity index (χ0n) is 9.45. The average Bonchev–Trinajstić information content (AvgIpc) is 2.25. The molecule has 1 rings (SSSR count). The molecule has 0 radical (unpaired) electrons. The number of rotatable bonds is 2. The lowest BCUT2D eigenvalue weighted by Crippen LogP contribution is -2.34. The van der Waals surface area contributed by atoms with E-state index in [2.05, 4.69) is 0 Å². The van der Waals surface area contributed by atoms with Crippen LogP contribution >= 0.6 is 0 Å². The summed E-state index contributed by atoms with van der Waals surface area (Å²) in [5, 5.41) is 9.83. The molecule has 1 aliphatic heterocycles. The molecule has 0 saturated carbocycles. The van der Waals surface area contributed by atoms with Gasteiger partial charge in [-0.3, -0.25) is 9.59 Å². The Morgan fingerprint density at radius 3 is 2.60 bits per heavy atom. The van der Waals surface area contributed by atoms with Gasteiger partial charge in [-0.15, -0.1) is 0 Å². The van der Waals surface area contributed by atoms with Crippen molar-refractivity contribution in [3.05, 3.63) is 0 Å². The number of ketones is 1. The van der Waals surface area contributed by atoms with Crippen molar-refractivity contribution in [1.82, 2.24) is 4.90 Å². The van der Waals surface area contributed by atoms with E-state index in [0.717, 1.165) is 12.8 Å². The van der Waals surface area contributed by atoms with Crippen LogP contribution in [0.4, 0.5) is 0 Å². The molecule has 1 amide bonds. The Bertz CT molecular complexity index is 261. The molecular formula is C11H19NO3. The van der Waals surface area contributed by atoms with Gasteiger partial charge in [-0.1, -0.05) is 0 Å². The van der Waals surface area contributed by atoms with Crippen LogP contribution in [0.25, 0.3) is 0 Å². The van der Waals surface area contributed by atoms with Crippen LogP contribution in [0.2, 0.25) is 0 Å². The molecule has 0 bridgehead atoms. The van der Waals surface area contributed by atoms with Crippen LogP contribution in [0.5, 0.6) is 0 Å². The molecule has 1 unspecified atom stereocenters. The Kier molecular flexibility index (Phi) is 3.85. The van der Waals surface area contributed by atoms with E-state index in [-0.39, 0.29) is 18.1 Å². The molecule has 15 heavy (non-hydrogen) atoms. The van der Waals surface area contributed by atoms with Crippen LogP contribution in [0, 0.1) is 0 Å². The number of carbonyl (C=O) groups excluding carboxylic acids is 2. The Balaban J connectivity index is 2.50. The standard InChI is InChI=1S/C11H19NO3/c1-9(13)8-10(14)12-6-3-4-11(2,15)5-7-12/h15H,3-8H2,1-2H3. The Labute approximate surface area is 90.3 Å². The van der Waals surface area contributed by atoms with Crippen LogP contribution in [0.3, 0.4) is 0 Å². The number of hydrogen-bond donors (Lipinski definition) is 1. The van der Waals surface area contributed by atoms with E-state index in [1.165, 1.54) is 6.92 Å². The van der Waals surface area contributed by atoms with Crippen molar-refractivity contribution < 1.29 is 14.7 Å². The minimum Gasteiger partial charge on any atom is -0.390 e. The van der Waals surface area contributed by atoms with Crippen molar-refractivity contribution in [2.24, 2.45) is 0 Å². The molecule has 0 aliphatic carbocycles. The van der Waals surface area contributed by atoms with E-state index < -0.39 is 5.60 Å². The highest BCUT2D eigenvalue weighted by atomic mass is 16.3. The van der Waals surface area contributed by atoms with Crippen LogP contribution in [0.15, 0.2) is 0 Å². The van der Waals surface area contributed by atoms with Gasteiger partial charge in [0.2, 0.25) is 5.91 Å². The van der Waals surface area contributed by atoms with Crippen LogP contribution in [0.1, 0.15) is 39.5 Å². The number of likely N-dealkylation sites (tertiary alicyclic amines) is 1. The number of amides is 1. The highest BCUT2D eigenvalue weighted by molar-refractivity contribution is 5.96. The van der Waals surface area contributed by atoms with Crippen molar-refractivity contribution in [3.8, 4) is 0 Å². The zero-order chi connectivity index (χ0) is 11.5. The van der Waals surface area contributed by atoms with E-state index in [9.17, 15) is 14.7 Å². The molecule has 1 aliphatic rings. The Morgan fingerprint density at radius 1 is 1.33 bits per heavy atom. The van der Waals surface area contributed by atoms with E-state index >= 15 is 0 Å². The van der Waals surface area contributed by atoms with Gasteiger partial charge in [-0.05, 0) is 33.1 Å². The molecule has 4 heteroatoms. The number of nitrogens with zero attached hydrogens (tertiary/aromatic N) is 1. The van der Waals surface area contributed by atoms with Gasteiger partial charge in [0.05, 0.1) is 12.0 Å². The van der Waals surface area contributed by atoms with Gasteiger partial charge in [0.1, 0.15) is 5.78 Å². The molecule has 0 spiro atoms. The topological polar surface area (TPSA) is 57.6 Å². The van der Waals surface area contributed by atoms with E-state index in [0.29, 0.717) is 19.5 Å². The molecule has 0 aromatic carbocycles. The van der Waals surface area contributed by atoms with E-state index in [1.54, 1.807) is 11.8 Å². The largest absolute Gasteiger partial charge is 0.390 e. The van der Waals surface area contributed by atoms with Crippen molar-refractivity contribution in [2.75, 3.05) is 13.1 Å². The molecule has 1 N–H and O–H groups in total. The van der Waals surface area contributed by atoms with Crippen molar-refractivity contribution in [3.63, 3.8) is 0 Å². The molecule has 1 fully saturated rings. The minimum absolute atomic E-state index is 0.0118. The first kappa shape index (κ1) is 12.2. The predicted molar refractivity (Wildman–Crippen MR) is 56.4 cm³/mol. The van der Waals surface area contributed by atoms with Crippen molar-refractivity contribution in [2.45, 2.75) is 45.1 Å². The first-order valence-electron chi connectivity index (χ1n) is 5.40. The van der Waals surface area contributed by atoms with Crippen molar-refractivity contribution in [1.29, 1.82) is 0 Å². The summed E-state index contributed by atoms with van der Waals surface area (Å²) in [6.07, 6.45) is 2.10. The first-order valence-corrected chi connectivity index (χ1v) is 5.40. The number of Topliss-reactive ketones (excluding diaryl/α,β-unsaturated/α-hetero) is 1. The average molecular weight is 213 g/mol. The normalized spacial score (nSPS) is 27.3. The maximum absolute atomic E-state index is 11.6. The van der Waals surface area contributed by atoms with Crippen LogP contribution in [-0.2, 0) is 9.59 Å². The third kappa shape index (κ3) is 4.00. The lowest BCUT2D eigenvalue weighted by atomic mass is 9.98. The molecule has 0 aromatic heterocycles. The fourth-order valence-electron chi connectivity index (χ4n) is 1.84. The van der Waals surface area contributed by atoms with Gasteiger partial charge in [0.15, 0.2) is 0 Å². The maximum atomic E-state index is 11.6. The summed E-state index contributed by atoms with van der Waals surface area (Å²) >= 11 is 0. The fourth-order valence-corrected chi connectivity index (χ4v) is 1.84. The highest BCUT2D eigenvalue weighted by Gasteiger charge is 2.27. The van der Waals surface area contributed by atoms with Gasteiger partial charge < -0.3 is 10.0 Å². The molecule has 86 valence electrons. The van der Waals surface area contributed by atoms with Crippen molar-refractivity contribution >= 4 is 11.7 Å². The third-order valence-electron chi connectivity index (χ3n) is 2.82. The minimum atomic E-state index is -0.661. The summed E-state index contributed by atoms with van der Waals surface area (Å²) in [5.74, 6) is -0.212. The van der Waals surface area contributed by atoms with Gasteiger partial charge in [0, 0.05) is 13.1 Å². The molecule has 1 heterocycles. The summed E-state index contributed by atoms with van der Waals surface area (Å²) in [4.78, 5) is 24.1. The number of hydrogen-bond acceptors (Lipinski definition) is 3. The first-order chi connectivity index (χ1) is 6.91. The maximum Gasteiger partial charge on any atom is 0.230 e. The lowest BCUT2D eigenvalue weighted by Gasteiger charge is -2.22. The van der Waals surface area contributed by atoms with Gasteiger partial charge >= 0.3 is 0 Å². The lowest BCUT2D eigenvalue weighted by molar-refractivity contribution is -0.134. The van der Waals surface area contributed by atoms with Gasteiger partial charge in [-0.2, -0.15) is 0 Å². The second-order valence-corrected chi connectivity index (χ2v) is 4.61. The van der Waals surface area contributed by atoms with E-state index in [4.69, 9.17) is 0 Å². The molecule has 4 nitrogen and oxygen atoms in total. The van der Waals surface area contributed by atoms with E-state index in [1.807, 2.05) is 0 Å². The van der Waals surface area contributed by atoms with Crippen LogP contribution in [-0.4, -0.2) is 40.4 Å². The Hall–Kier alpha value is -0.900. The highest BCUT2D eigenvalue weighted by Crippen LogP contribution is 2.21. The third-order valence-corrected chi connectivity index (χ3v) is 2.82. The monoisotopic (exact) mass is 213 g/mol.